The monoisotopic (exact) mass is 853 g/mol. The number of fused-ring (bicyclic) bond motifs is 15. The van der Waals surface area contributed by atoms with E-state index >= 15 is 0 Å². The second-order valence-corrected chi connectivity index (χ2v) is 22.5. The van der Waals surface area contributed by atoms with E-state index in [9.17, 15) is 0 Å². The fourth-order valence-corrected chi connectivity index (χ4v) is 12.2. The molecule has 2 aliphatic carbocycles. The molecule has 0 atom stereocenters. The average molecular weight is 854 g/mol. The quantitative estimate of drug-likeness (QED) is 0.180. The zero-order valence-corrected chi connectivity index (χ0v) is 39.7. The lowest BCUT2D eigenvalue weighted by Crippen LogP contribution is -2.38. The summed E-state index contributed by atoms with van der Waals surface area (Å²) in [6.07, 6.45) is 0. The first kappa shape index (κ1) is 39.6. The number of nitrogens with one attached hydrogen (secondary N) is 1. The molecule has 4 heteroatoms. The smallest absolute Gasteiger partial charge is 0.197 e. The third-order valence-corrected chi connectivity index (χ3v) is 15.7. The van der Waals surface area contributed by atoms with Crippen LogP contribution < -0.4 is 16.2 Å². The third kappa shape index (κ3) is 5.27. The Morgan fingerprint density at radius 1 is 0.530 bits per heavy atom. The predicted octanol–water partition coefficient (Wildman–Crippen LogP) is 15.3. The van der Waals surface area contributed by atoms with Crippen molar-refractivity contribution in [1.29, 1.82) is 0 Å². The minimum absolute atomic E-state index is 0.0255. The summed E-state index contributed by atoms with van der Waals surface area (Å²) < 4.78 is 9.33. The highest BCUT2D eigenvalue weighted by Gasteiger charge is 2.44. The highest BCUT2D eigenvalue weighted by atomic mass is 16.3. The topological polar surface area (TPSA) is 30.1 Å². The Balaban J connectivity index is 1.21. The maximum absolute atomic E-state index is 6.69. The van der Waals surface area contributed by atoms with Gasteiger partial charge in [-0.25, -0.2) is 0 Å². The van der Waals surface area contributed by atoms with Crippen LogP contribution in [0.2, 0.25) is 0 Å². The van der Waals surface area contributed by atoms with Crippen molar-refractivity contribution in [2.75, 3.05) is 5.32 Å². The number of benzene rings is 8. The summed E-state index contributed by atoms with van der Waals surface area (Å²) in [4.78, 5) is 0. The molecule has 8 aromatic carbocycles. The van der Waals surface area contributed by atoms with Crippen LogP contribution in [0.15, 0.2) is 144 Å². The molecular formula is C62H54BN2O. The molecule has 3 nitrogen and oxygen atoms in total. The van der Waals surface area contributed by atoms with E-state index in [0.29, 0.717) is 0 Å². The SMILES string of the molecule is CC(C)(C)c1ccc(Nc2cc3oc4ccccc4c3cc2-c2c3c(c4c5cc(C(C)(C)C)ccc5n5c4c2[B]c2cc4c(cc2-5)C(C)(C)c2ccccc2-4)C(C)(C)c2ccccc2-3)cc1. The average Bonchev–Trinajstić information content (AvgIpc) is 3.96. The van der Waals surface area contributed by atoms with Gasteiger partial charge >= 0.3 is 0 Å². The van der Waals surface area contributed by atoms with Crippen molar-refractivity contribution in [3.8, 4) is 39.1 Å². The number of para-hydroxylation sites is 1. The van der Waals surface area contributed by atoms with E-state index in [1.165, 1.54) is 99.6 Å². The number of hydrogen-bond donors (Lipinski definition) is 1. The lowest BCUT2D eigenvalue weighted by Gasteiger charge is -2.30. The standard InChI is InChI=1S/C62H54BN2O/c1-59(2,3)34-23-26-36(27-24-34)64-48-33-52-41(38-18-13-16-22-51(38)66-52)30-42(48)54-53-39-19-12-15-21-45(39)62(9,10)56(53)55-43-29-35(60(4,5)6)25-28-49(43)65-50-32-46-40(31-47(50)63-57(54)58(55)65)37-17-11-14-20-44(37)61(46,7)8/h11-33,64H,1-10H3. The normalized spacial score (nSPS) is 15.2. The largest absolute Gasteiger partial charge is 0.456 e. The fourth-order valence-electron chi connectivity index (χ4n) is 12.2. The van der Waals surface area contributed by atoms with Gasteiger partial charge in [0, 0.05) is 60.9 Å². The maximum atomic E-state index is 6.69. The van der Waals surface area contributed by atoms with Gasteiger partial charge in [0.1, 0.15) is 11.2 Å². The van der Waals surface area contributed by atoms with Crippen LogP contribution in [0.3, 0.4) is 0 Å². The van der Waals surface area contributed by atoms with Gasteiger partial charge in [0.2, 0.25) is 0 Å². The van der Waals surface area contributed by atoms with Crippen LogP contribution in [0.4, 0.5) is 11.4 Å². The molecule has 66 heavy (non-hydrogen) atoms. The van der Waals surface area contributed by atoms with E-state index in [0.717, 1.165) is 38.9 Å². The van der Waals surface area contributed by atoms with Crippen LogP contribution in [0.1, 0.15) is 103 Å². The molecule has 10 aromatic rings. The Morgan fingerprint density at radius 3 is 1.94 bits per heavy atom. The van der Waals surface area contributed by atoms with Crippen LogP contribution in [0, 0.1) is 0 Å². The molecular weight excluding hydrogens is 800 g/mol. The van der Waals surface area contributed by atoms with Crippen LogP contribution in [-0.2, 0) is 21.7 Å². The summed E-state index contributed by atoms with van der Waals surface area (Å²) in [7, 11) is 2.54. The summed E-state index contributed by atoms with van der Waals surface area (Å²) >= 11 is 0. The molecule has 3 heterocycles. The van der Waals surface area contributed by atoms with Gasteiger partial charge < -0.3 is 14.3 Å². The molecule has 1 N–H and O–H groups in total. The number of furan rings is 1. The maximum Gasteiger partial charge on any atom is 0.197 e. The van der Waals surface area contributed by atoms with Crippen LogP contribution in [0.5, 0.6) is 0 Å². The van der Waals surface area contributed by atoms with Gasteiger partial charge in [-0.2, -0.15) is 0 Å². The van der Waals surface area contributed by atoms with Crippen molar-refractivity contribution in [3.63, 3.8) is 0 Å². The molecule has 13 rings (SSSR count). The van der Waals surface area contributed by atoms with E-state index in [1.807, 2.05) is 0 Å². The van der Waals surface area contributed by atoms with Crippen LogP contribution in [-0.4, -0.2) is 11.8 Å². The summed E-state index contributed by atoms with van der Waals surface area (Å²) in [5.74, 6) is 0. The summed E-state index contributed by atoms with van der Waals surface area (Å²) in [6, 6.07) is 52.7. The molecule has 1 radical (unpaired) electrons. The van der Waals surface area contributed by atoms with Gasteiger partial charge in [0.05, 0.1) is 11.2 Å². The van der Waals surface area contributed by atoms with Crippen LogP contribution in [0.25, 0.3) is 82.8 Å². The Kier molecular flexibility index (Phi) is 7.78. The zero-order chi connectivity index (χ0) is 45.4. The first-order chi connectivity index (χ1) is 31.5. The second kappa shape index (κ2) is 13.0. The van der Waals surface area contributed by atoms with Crippen molar-refractivity contribution in [3.05, 3.63) is 173 Å². The number of rotatable bonds is 3. The minimum atomic E-state index is -0.291. The van der Waals surface area contributed by atoms with Gasteiger partial charge in [-0.3, -0.25) is 0 Å². The second-order valence-electron chi connectivity index (χ2n) is 22.5. The van der Waals surface area contributed by atoms with Crippen molar-refractivity contribution in [2.45, 2.75) is 90.9 Å². The zero-order valence-electron chi connectivity index (χ0n) is 39.7. The number of aromatic nitrogens is 1. The predicted molar refractivity (Wildman–Crippen MR) is 281 cm³/mol. The molecule has 0 spiro atoms. The van der Waals surface area contributed by atoms with E-state index in [4.69, 9.17) is 4.42 Å². The van der Waals surface area contributed by atoms with Crippen molar-refractivity contribution < 1.29 is 4.42 Å². The van der Waals surface area contributed by atoms with Crippen molar-refractivity contribution in [2.24, 2.45) is 0 Å². The van der Waals surface area contributed by atoms with E-state index in [-0.39, 0.29) is 21.7 Å². The molecule has 3 aliphatic rings. The Morgan fingerprint density at radius 2 is 1.20 bits per heavy atom. The Hall–Kier alpha value is -6.78. The van der Waals surface area contributed by atoms with Gasteiger partial charge in [-0.1, -0.05) is 166 Å². The first-order valence-electron chi connectivity index (χ1n) is 23.8. The molecule has 0 bridgehead atoms. The number of hydrogen-bond acceptors (Lipinski definition) is 2. The van der Waals surface area contributed by atoms with Gasteiger partial charge in [0.15, 0.2) is 7.28 Å². The Labute approximate surface area is 388 Å². The lowest BCUT2D eigenvalue weighted by molar-refractivity contribution is 0.590. The Bertz CT molecular complexity index is 3770. The highest BCUT2D eigenvalue weighted by molar-refractivity contribution is 6.74. The number of nitrogens with zero attached hydrogens (tertiary/aromatic N) is 1. The van der Waals surface area contributed by atoms with E-state index in [2.05, 4.69) is 226 Å². The molecule has 0 fully saturated rings. The minimum Gasteiger partial charge on any atom is -0.456 e. The van der Waals surface area contributed by atoms with Gasteiger partial charge in [0.25, 0.3) is 0 Å². The molecule has 2 aromatic heterocycles. The van der Waals surface area contributed by atoms with Gasteiger partial charge in [-0.15, -0.1) is 0 Å². The lowest BCUT2D eigenvalue weighted by atomic mass is 9.57. The summed E-state index contributed by atoms with van der Waals surface area (Å²) in [5.41, 5.74) is 25.6. The number of anilines is 2. The molecule has 0 saturated heterocycles. The molecule has 1 aliphatic heterocycles. The highest BCUT2D eigenvalue weighted by Crippen LogP contribution is 2.58. The molecule has 0 unspecified atom stereocenters. The summed E-state index contributed by atoms with van der Waals surface area (Å²) in [5, 5.41) is 8.91. The van der Waals surface area contributed by atoms with E-state index < -0.39 is 0 Å². The van der Waals surface area contributed by atoms with Crippen molar-refractivity contribution in [1.82, 2.24) is 4.57 Å². The molecule has 0 saturated carbocycles. The fraction of sp³-hybridized carbons (Fsp3) is 0.226. The first-order valence-corrected chi connectivity index (χ1v) is 23.8. The van der Waals surface area contributed by atoms with E-state index in [1.54, 1.807) is 0 Å². The molecule has 321 valence electrons. The van der Waals surface area contributed by atoms with Crippen LogP contribution >= 0.6 is 0 Å². The third-order valence-electron chi connectivity index (χ3n) is 15.7. The summed E-state index contributed by atoms with van der Waals surface area (Å²) in [6.45, 7) is 23.5. The molecule has 0 amide bonds. The van der Waals surface area contributed by atoms with Gasteiger partial charge in [-0.05, 0) is 120 Å². The van der Waals surface area contributed by atoms with Crippen molar-refractivity contribution >= 4 is 73.3 Å².